The van der Waals surface area contributed by atoms with E-state index in [9.17, 15) is 0 Å². The minimum atomic E-state index is 0. The predicted octanol–water partition coefficient (Wildman–Crippen LogP) is 2.63. The fraction of sp³-hybridized carbons (Fsp3) is 0.143. The van der Waals surface area contributed by atoms with E-state index in [2.05, 4.69) is 5.32 Å². The van der Waals surface area contributed by atoms with Crippen LogP contribution in [0.4, 0.5) is 5.69 Å². The average molecular weight is 144 g/mol. The Kier molecular flexibility index (Phi) is 1.96. The van der Waals surface area contributed by atoms with Crippen LogP contribution in [0.1, 0.15) is 1.43 Å². The maximum absolute atomic E-state index is 5.68. The largest absolute Gasteiger partial charge is 0.388 e. The quantitative estimate of drug-likeness (QED) is 0.638. The number of rotatable bonds is 1. The van der Waals surface area contributed by atoms with Gasteiger partial charge < -0.3 is 5.32 Å². The first-order chi connectivity index (χ1) is 4.33. The maximum Gasteiger partial charge on any atom is 0.0426 e. The molecule has 0 aliphatic rings. The van der Waals surface area contributed by atoms with Crippen molar-refractivity contribution in [2.45, 2.75) is 0 Å². The highest BCUT2D eigenvalue weighted by Crippen LogP contribution is 2.13. The Morgan fingerprint density at radius 3 is 2.78 bits per heavy atom. The van der Waals surface area contributed by atoms with Crippen molar-refractivity contribution in [2.75, 3.05) is 12.4 Å². The Morgan fingerprint density at radius 2 is 2.33 bits per heavy atom. The molecule has 0 saturated heterocycles. The Hall–Kier alpha value is -0.690. The van der Waals surface area contributed by atoms with Crippen LogP contribution >= 0.6 is 11.6 Å². The van der Waals surface area contributed by atoms with E-state index in [4.69, 9.17) is 11.6 Å². The normalized spacial score (nSPS) is 9.11. The summed E-state index contributed by atoms with van der Waals surface area (Å²) in [7, 11) is 1.87. The molecule has 0 fully saturated rings. The molecular formula is C7H10ClN. The van der Waals surface area contributed by atoms with E-state index in [1.807, 2.05) is 31.3 Å². The first-order valence-electron chi connectivity index (χ1n) is 2.76. The highest BCUT2D eigenvalue weighted by Gasteiger charge is 1.86. The third-order valence-corrected chi connectivity index (χ3v) is 1.35. The Balaban J connectivity index is 0.000000810. The maximum atomic E-state index is 5.68. The summed E-state index contributed by atoms with van der Waals surface area (Å²) in [6, 6.07) is 7.60. The summed E-state index contributed by atoms with van der Waals surface area (Å²) in [5.41, 5.74) is 1.04. The van der Waals surface area contributed by atoms with Gasteiger partial charge in [-0.3, -0.25) is 0 Å². The summed E-state index contributed by atoms with van der Waals surface area (Å²) >= 11 is 5.68. The van der Waals surface area contributed by atoms with E-state index in [0.29, 0.717) is 0 Å². The molecule has 1 aromatic carbocycles. The summed E-state index contributed by atoms with van der Waals surface area (Å²) in [4.78, 5) is 0. The minimum absolute atomic E-state index is 0. The van der Waals surface area contributed by atoms with Crippen LogP contribution in [0.3, 0.4) is 0 Å². The van der Waals surface area contributed by atoms with Crippen molar-refractivity contribution in [3.63, 3.8) is 0 Å². The molecule has 0 heterocycles. The van der Waals surface area contributed by atoms with E-state index in [0.717, 1.165) is 10.7 Å². The first kappa shape index (κ1) is 6.43. The van der Waals surface area contributed by atoms with E-state index in [1.165, 1.54) is 0 Å². The summed E-state index contributed by atoms with van der Waals surface area (Å²) in [6.45, 7) is 0. The van der Waals surface area contributed by atoms with Crippen LogP contribution in [0.5, 0.6) is 0 Å². The summed E-state index contributed by atoms with van der Waals surface area (Å²) < 4.78 is 0. The van der Waals surface area contributed by atoms with Crippen molar-refractivity contribution in [2.24, 2.45) is 0 Å². The SMILES string of the molecule is CNc1cccc(Cl)c1.[HH]. The van der Waals surface area contributed by atoms with Gasteiger partial charge in [-0.1, -0.05) is 17.7 Å². The molecule has 0 spiro atoms. The van der Waals surface area contributed by atoms with Crippen LogP contribution in [-0.4, -0.2) is 7.05 Å². The molecule has 0 unspecified atom stereocenters. The molecule has 1 rings (SSSR count). The zero-order chi connectivity index (χ0) is 6.69. The van der Waals surface area contributed by atoms with Crippen molar-refractivity contribution < 1.29 is 1.43 Å². The van der Waals surface area contributed by atoms with Gasteiger partial charge in [-0.2, -0.15) is 0 Å². The lowest BCUT2D eigenvalue weighted by Gasteiger charge is -1.97. The summed E-state index contributed by atoms with van der Waals surface area (Å²) in [5.74, 6) is 0. The fourth-order valence-corrected chi connectivity index (χ4v) is 0.834. The second-order valence-corrected chi connectivity index (χ2v) is 2.20. The van der Waals surface area contributed by atoms with Gasteiger partial charge in [0.1, 0.15) is 0 Å². The van der Waals surface area contributed by atoms with Gasteiger partial charge in [-0.25, -0.2) is 0 Å². The van der Waals surface area contributed by atoms with E-state index >= 15 is 0 Å². The monoisotopic (exact) mass is 143 g/mol. The standard InChI is InChI=1S/C7H8ClN.H2/c1-9-7-4-2-3-6(8)5-7;/h2-5,9H,1H3;1H. The van der Waals surface area contributed by atoms with Gasteiger partial charge in [0, 0.05) is 19.2 Å². The molecule has 0 bridgehead atoms. The van der Waals surface area contributed by atoms with Gasteiger partial charge in [-0.15, -0.1) is 0 Å². The van der Waals surface area contributed by atoms with E-state index in [1.54, 1.807) is 0 Å². The zero-order valence-electron chi connectivity index (χ0n) is 5.19. The molecule has 0 aliphatic heterocycles. The molecule has 0 aromatic heterocycles. The smallest absolute Gasteiger partial charge is 0.0426 e. The topological polar surface area (TPSA) is 12.0 Å². The third-order valence-electron chi connectivity index (χ3n) is 1.11. The number of nitrogens with one attached hydrogen (secondary N) is 1. The van der Waals surface area contributed by atoms with Gasteiger partial charge >= 0.3 is 0 Å². The lowest BCUT2D eigenvalue weighted by Crippen LogP contribution is -1.85. The molecule has 1 N–H and O–H groups in total. The summed E-state index contributed by atoms with van der Waals surface area (Å²) in [6.07, 6.45) is 0. The van der Waals surface area contributed by atoms with Crippen LogP contribution in [0.15, 0.2) is 24.3 Å². The van der Waals surface area contributed by atoms with Crippen molar-refractivity contribution in [3.05, 3.63) is 29.3 Å². The molecule has 0 saturated carbocycles. The Bertz CT molecular complexity index is 203. The first-order valence-corrected chi connectivity index (χ1v) is 3.14. The molecule has 0 amide bonds. The van der Waals surface area contributed by atoms with Crippen molar-refractivity contribution in [3.8, 4) is 0 Å². The van der Waals surface area contributed by atoms with Gasteiger partial charge in [0.25, 0.3) is 0 Å². The number of hydrogen-bond acceptors (Lipinski definition) is 1. The lowest BCUT2D eigenvalue weighted by molar-refractivity contribution is 1.51. The molecule has 0 atom stereocenters. The minimum Gasteiger partial charge on any atom is -0.388 e. The fourth-order valence-electron chi connectivity index (χ4n) is 0.644. The van der Waals surface area contributed by atoms with Gasteiger partial charge in [0.2, 0.25) is 0 Å². The molecule has 1 nitrogen and oxygen atoms in total. The molecule has 9 heavy (non-hydrogen) atoms. The molecule has 50 valence electrons. The van der Waals surface area contributed by atoms with Gasteiger partial charge in [0.15, 0.2) is 0 Å². The van der Waals surface area contributed by atoms with Crippen LogP contribution < -0.4 is 5.32 Å². The molecule has 2 heteroatoms. The zero-order valence-corrected chi connectivity index (χ0v) is 5.94. The highest BCUT2D eigenvalue weighted by molar-refractivity contribution is 6.30. The van der Waals surface area contributed by atoms with Gasteiger partial charge in [-0.05, 0) is 18.2 Å². The average Bonchev–Trinajstić information content (AvgIpc) is 1.88. The molecular weight excluding hydrogens is 134 g/mol. The van der Waals surface area contributed by atoms with Crippen LogP contribution in [0, 0.1) is 0 Å². The Morgan fingerprint density at radius 1 is 1.56 bits per heavy atom. The van der Waals surface area contributed by atoms with Crippen LogP contribution in [0.25, 0.3) is 0 Å². The van der Waals surface area contributed by atoms with Crippen LogP contribution in [0.2, 0.25) is 5.02 Å². The van der Waals surface area contributed by atoms with Crippen molar-refractivity contribution in [1.82, 2.24) is 0 Å². The van der Waals surface area contributed by atoms with Crippen molar-refractivity contribution >= 4 is 17.3 Å². The molecule has 1 aromatic rings. The third kappa shape index (κ3) is 1.61. The van der Waals surface area contributed by atoms with E-state index < -0.39 is 0 Å². The second-order valence-electron chi connectivity index (χ2n) is 1.76. The predicted molar refractivity (Wildman–Crippen MR) is 43.1 cm³/mol. The number of hydrogen-bond donors (Lipinski definition) is 1. The van der Waals surface area contributed by atoms with E-state index in [-0.39, 0.29) is 1.43 Å². The summed E-state index contributed by atoms with van der Waals surface area (Å²) in [5, 5.41) is 3.75. The highest BCUT2D eigenvalue weighted by atomic mass is 35.5. The second kappa shape index (κ2) is 2.74. The molecule has 0 radical (unpaired) electrons. The molecule has 0 aliphatic carbocycles. The van der Waals surface area contributed by atoms with Crippen LogP contribution in [-0.2, 0) is 0 Å². The van der Waals surface area contributed by atoms with Crippen molar-refractivity contribution in [1.29, 1.82) is 0 Å². The number of halogens is 1. The lowest BCUT2D eigenvalue weighted by atomic mass is 10.3. The number of benzene rings is 1. The number of anilines is 1. The van der Waals surface area contributed by atoms with Gasteiger partial charge in [0.05, 0.1) is 0 Å². The Labute approximate surface area is 61.1 Å².